The third kappa shape index (κ3) is 6.47. The second kappa shape index (κ2) is 10.5. The highest BCUT2D eigenvalue weighted by Gasteiger charge is 1.95. The Kier molecular flexibility index (Phi) is 7.91. The van der Waals surface area contributed by atoms with E-state index >= 15 is 0 Å². The van der Waals surface area contributed by atoms with E-state index in [4.69, 9.17) is 0 Å². The summed E-state index contributed by atoms with van der Waals surface area (Å²) in [4.78, 5) is 0. The molecule has 0 heteroatoms. The van der Waals surface area contributed by atoms with E-state index in [1.165, 1.54) is 36.8 Å². The second-order valence-electron chi connectivity index (χ2n) is 6.28. The Morgan fingerprint density at radius 1 is 0.750 bits per heavy atom. The number of aryl methyl sites for hydroxylation is 2. The van der Waals surface area contributed by atoms with Crippen LogP contribution in [0, 0.1) is 11.8 Å². The van der Waals surface area contributed by atoms with Crippen molar-refractivity contribution < 1.29 is 0 Å². The van der Waals surface area contributed by atoms with Crippen LogP contribution in [-0.2, 0) is 12.8 Å². The summed E-state index contributed by atoms with van der Waals surface area (Å²) in [5, 5.41) is 0. The number of unbranched alkanes of at least 4 members (excludes halogenated alkanes) is 3. The van der Waals surface area contributed by atoms with Crippen molar-refractivity contribution >= 4 is 0 Å². The zero-order valence-electron chi connectivity index (χ0n) is 14.9. The molecule has 0 radical (unpaired) electrons. The molecule has 2 aromatic rings. The molecular formula is C24H28. The van der Waals surface area contributed by atoms with E-state index in [0.717, 1.165) is 30.4 Å². The van der Waals surface area contributed by atoms with E-state index < -0.39 is 0 Å². The van der Waals surface area contributed by atoms with Gasteiger partial charge < -0.3 is 0 Å². The molecule has 2 rings (SSSR count). The fraction of sp³-hybridized carbons (Fsp3) is 0.333. The van der Waals surface area contributed by atoms with Crippen LogP contribution in [-0.4, -0.2) is 0 Å². The number of benzene rings is 2. The van der Waals surface area contributed by atoms with Gasteiger partial charge in [-0.2, -0.15) is 0 Å². The van der Waals surface area contributed by atoms with Crippen molar-refractivity contribution in [1.82, 2.24) is 0 Å². The topological polar surface area (TPSA) is 0 Å². The van der Waals surface area contributed by atoms with Crippen molar-refractivity contribution in [2.45, 2.75) is 51.9 Å². The van der Waals surface area contributed by atoms with Crippen LogP contribution in [0.25, 0.3) is 0 Å². The molecule has 0 N–H and O–H groups in total. The molecule has 0 amide bonds. The standard InChI is InChI=1S/C24H28/c1-3-5-6-7-8-10-22-13-17-24(18-14-22)20-19-23-15-11-21(9-4-2)12-16-23/h3,11-18H,1,4-10H2,2H3. The van der Waals surface area contributed by atoms with Gasteiger partial charge in [0.15, 0.2) is 0 Å². The Bertz CT molecular complexity index is 663. The minimum atomic E-state index is 1.08. The van der Waals surface area contributed by atoms with E-state index in [1.807, 2.05) is 6.08 Å². The third-order valence-electron chi connectivity index (χ3n) is 4.17. The third-order valence-corrected chi connectivity index (χ3v) is 4.17. The average Bonchev–Trinajstić information content (AvgIpc) is 2.62. The number of hydrogen-bond donors (Lipinski definition) is 0. The average molecular weight is 316 g/mol. The van der Waals surface area contributed by atoms with E-state index in [1.54, 1.807) is 0 Å². The van der Waals surface area contributed by atoms with Crippen LogP contribution in [0.3, 0.4) is 0 Å². The summed E-state index contributed by atoms with van der Waals surface area (Å²) < 4.78 is 0. The molecule has 124 valence electrons. The molecule has 0 heterocycles. The van der Waals surface area contributed by atoms with Crippen LogP contribution in [0.4, 0.5) is 0 Å². The summed E-state index contributed by atoms with van der Waals surface area (Å²) in [5.41, 5.74) is 4.97. The quantitative estimate of drug-likeness (QED) is 0.303. The normalized spacial score (nSPS) is 10.0. The van der Waals surface area contributed by atoms with Gasteiger partial charge >= 0.3 is 0 Å². The van der Waals surface area contributed by atoms with E-state index in [0.29, 0.717) is 0 Å². The van der Waals surface area contributed by atoms with Gasteiger partial charge in [-0.1, -0.05) is 61.9 Å². The van der Waals surface area contributed by atoms with Gasteiger partial charge in [0.1, 0.15) is 0 Å². The summed E-state index contributed by atoms with van der Waals surface area (Å²) in [6.07, 6.45) is 10.4. The lowest BCUT2D eigenvalue weighted by molar-refractivity contribution is 0.687. The maximum absolute atomic E-state index is 3.77. The molecule has 0 aliphatic rings. The zero-order valence-corrected chi connectivity index (χ0v) is 14.9. The molecular weight excluding hydrogens is 288 g/mol. The molecule has 0 nitrogen and oxygen atoms in total. The van der Waals surface area contributed by atoms with Gasteiger partial charge in [0.2, 0.25) is 0 Å². The van der Waals surface area contributed by atoms with Gasteiger partial charge in [0.25, 0.3) is 0 Å². The molecule has 0 fully saturated rings. The molecule has 0 saturated heterocycles. The van der Waals surface area contributed by atoms with E-state index in [-0.39, 0.29) is 0 Å². The summed E-state index contributed by atoms with van der Waals surface area (Å²) in [6.45, 7) is 5.97. The van der Waals surface area contributed by atoms with Gasteiger partial charge in [-0.15, -0.1) is 6.58 Å². The first-order valence-corrected chi connectivity index (χ1v) is 9.12. The van der Waals surface area contributed by atoms with Gasteiger partial charge in [0, 0.05) is 11.1 Å². The highest BCUT2D eigenvalue weighted by Crippen LogP contribution is 2.10. The highest BCUT2D eigenvalue weighted by molar-refractivity contribution is 5.44. The number of allylic oxidation sites excluding steroid dienone is 1. The lowest BCUT2D eigenvalue weighted by atomic mass is 10.0. The summed E-state index contributed by atoms with van der Waals surface area (Å²) in [6, 6.07) is 17.3. The predicted octanol–water partition coefficient (Wildman–Crippen LogP) is 6.33. The van der Waals surface area contributed by atoms with Crippen molar-refractivity contribution in [1.29, 1.82) is 0 Å². The smallest absolute Gasteiger partial charge is 0.0249 e. The predicted molar refractivity (Wildman–Crippen MR) is 105 cm³/mol. The zero-order chi connectivity index (χ0) is 17.0. The molecule has 24 heavy (non-hydrogen) atoms. The first-order valence-electron chi connectivity index (χ1n) is 9.12. The van der Waals surface area contributed by atoms with Crippen LogP contribution in [0.2, 0.25) is 0 Å². The van der Waals surface area contributed by atoms with Crippen molar-refractivity contribution in [3.63, 3.8) is 0 Å². The molecule has 0 saturated carbocycles. The summed E-state index contributed by atoms with van der Waals surface area (Å²) in [7, 11) is 0. The van der Waals surface area contributed by atoms with Crippen LogP contribution < -0.4 is 0 Å². The molecule has 2 aromatic carbocycles. The minimum Gasteiger partial charge on any atom is -0.103 e. The maximum atomic E-state index is 3.77. The van der Waals surface area contributed by atoms with Crippen LogP contribution in [0.15, 0.2) is 61.2 Å². The van der Waals surface area contributed by atoms with E-state index in [9.17, 15) is 0 Å². The second-order valence-corrected chi connectivity index (χ2v) is 6.28. The number of rotatable bonds is 8. The summed E-state index contributed by atoms with van der Waals surface area (Å²) >= 11 is 0. The van der Waals surface area contributed by atoms with E-state index in [2.05, 4.69) is 73.9 Å². The van der Waals surface area contributed by atoms with Gasteiger partial charge in [-0.3, -0.25) is 0 Å². The van der Waals surface area contributed by atoms with Crippen molar-refractivity contribution in [2.24, 2.45) is 0 Å². The lowest BCUT2D eigenvalue weighted by Gasteiger charge is -2.01. The molecule has 0 unspecified atom stereocenters. The molecule has 0 spiro atoms. The van der Waals surface area contributed by atoms with Gasteiger partial charge in [-0.25, -0.2) is 0 Å². The van der Waals surface area contributed by atoms with Gasteiger partial charge in [0.05, 0.1) is 0 Å². The molecule has 0 aliphatic heterocycles. The Labute approximate surface area is 147 Å². The molecule has 0 bridgehead atoms. The lowest BCUT2D eigenvalue weighted by Crippen LogP contribution is -1.86. The highest BCUT2D eigenvalue weighted by atomic mass is 14.0. The molecule has 0 atom stereocenters. The van der Waals surface area contributed by atoms with Crippen molar-refractivity contribution in [2.75, 3.05) is 0 Å². The Hall–Kier alpha value is -2.26. The first kappa shape index (κ1) is 18.1. The Morgan fingerprint density at radius 3 is 1.79 bits per heavy atom. The van der Waals surface area contributed by atoms with Gasteiger partial charge in [-0.05, 0) is 67.5 Å². The SMILES string of the molecule is C=CCCCCCc1ccc(C#Cc2ccc(CCC)cc2)cc1. The fourth-order valence-corrected chi connectivity index (χ4v) is 2.74. The Morgan fingerprint density at radius 2 is 1.29 bits per heavy atom. The maximum Gasteiger partial charge on any atom is 0.0249 e. The fourth-order valence-electron chi connectivity index (χ4n) is 2.74. The van der Waals surface area contributed by atoms with Crippen molar-refractivity contribution in [3.8, 4) is 11.8 Å². The first-order chi connectivity index (χ1) is 11.8. The summed E-state index contributed by atoms with van der Waals surface area (Å²) in [5.74, 6) is 6.52. The monoisotopic (exact) mass is 316 g/mol. The largest absolute Gasteiger partial charge is 0.103 e. The van der Waals surface area contributed by atoms with Crippen LogP contribution in [0.5, 0.6) is 0 Å². The molecule has 0 aromatic heterocycles. The Balaban J connectivity index is 1.86. The van der Waals surface area contributed by atoms with Crippen LogP contribution >= 0.6 is 0 Å². The van der Waals surface area contributed by atoms with Crippen LogP contribution in [0.1, 0.15) is 61.3 Å². The number of hydrogen-bond acceptors (Lipinski definition) is 0. The minimum absolute atomic E-state index is 1.08. The van der Waals surface area contributed by atoms with Crippen molar-refractivity contribution in [3.05, 3.63) is 83.4 Å². The molecule has 0 aliphatic carbocycles.